The second-order valence-electron chi connectivity index (χ2n) is 4.48. The molecule has 0 saturated carbocycles. The van der Waals surface area contributed by atoms with Crippen molar-refractivity contribution in [3.05, 3.63) is 5.82 Å². The van der Waals surface area contributed by atoms with Crippen LogP contribution >= 0.6 is 0 Å². The highest BCUT2D eigenvalue weighted by Gasteiger charge is 2.19. The second-order valence-corrected chi connectivity index (χ2v) is 4.48. The molecule has 0 spiro atoms. The van der Waals surface area contributed by atoms with Crippen LogP contribution in [0.25, 0.3) is 0 Å². The fourth-order valence-corrected chi connectivity index (χ4v) is 2.00. The number of nitrogens with zero attached hydrogens (tertiary/aromatic N) is 3. The van der Waals surface area contributed by atoms with E-state index in [0.717, 1.165) is 50.7 Å². The fourth-order valence-electron chi connectivity index (χ4n) is 2.00. The summed E-state index contributed by atoms with van der Waals surface area (Å²) in [6.07, 6.45) is 3.22. The number of nitrogens with one attached hydrogen (secondary N) is 1. The van der Waals surface area contributed by atoms with Crippen molar-refractivity contribution < 1.29 is 4.74 Å². The average molecular weight is 239 g/mol. The van der Waals surface area contributed by atoms with Crippen molar-refractivity contribution in [2.24, 2.45) is 5.73 Å². The number of aromatic nitrogens is 3. The minimum atomic E-state index is 0.238. The largest absolute Gasteiger partial charge is 0.373 e. The Morgan fingerprint density at radius 2 is 2.47 bits per heavy atom. The molecule has 1 atom stereocenters. The number of hydrogen-bond donors (Lipinski definition) is 2. The molecule has 1 aliphatic rings. The maximum Gasteiger partial charge on any atom is 0.244 e. The van der Waals surface area contributed by atoms with Crippen molar-refractivity contribution in [1.29, 1.82) is 0 Å². The third kappa shape index (κ3) is 3.41. The molecule has 96 valence electrons. The van der Waals surface area contributed by atoms with E-state index >= 15 is 0 Å². The van der Waals surface area contributed by atoms with Gasteiger partial charge in [-0.1, -0.05) is 6.92 Å². The van der Waals surface area contributed by atoms with E-state index in [1.54, 1.807) is 0 Å². The van der Waals surface area contributed by atoms with Crippen LogP contribution in [0.4, 0.5) is 5.95 Å². The van der Waals surface area contributed by atoms with Crippen LogP contribution in [0.2, 0.25) is 0 Å². The SMILES string of the molecule is CCCOCc1nc(N2CCCC(N)C2)n[nH]1. The summed E-state index contributed by atoms with van der Waals surface area (Å²) in [5.41, 5.74) is 5.94. The number of piperidine rings is 1. The predicted octanol–water partition coefficient (Wildman–Crippen LogP) is 0.659. The minimum absolute atomic E-state index is 0.238. The quantitative estimate of drug-likeness (QED) is 0.738. The van der Waals surface area contributed by atoms with Crippen molar-refractivity contribution in [2.45, 2.75) is 38.8 Å². The fraction of sp³-hybridized carbons (Fsp3) is 0.818. The molecule has 0 aromatic carbocycles. The minimum Gasteiger partial charge on any atom is -0.373 e. The Balaban J connectivity index is 1.88. The van der Waals surface area contributed by atoms with Crippen molar-refractivity contribution >= 4 is 5.95 Å². The number of H-pyrrole nitrogens is 1. The van der Waals surface area contributed by atoms with E-state index in [4.69, 9.17) is 10.5 Å². The van der Waals surface area contributed by atoms with E-state index in [-0.39, 0.29) is 6.04 Å². The molecule has 0 aliphatic carbocycles. The number of anilines is 1. The van der Waals surface area contributed by atoms with Crippen molar-refractivity contribution in [1.82, 2.24) is 15.2 Å². The van der Waals surface area contributed by atoms with Gasteiger partial charge in [-0.15, -0.1) is 5.10 Å². The van der Waals surface area contributed by atoms with E-state index < -0.39 is 0 Å². The van der Waals surface area contributed by atoms with Crippen LogP contribution in [0.5, 0.6) is 0 Å². The number of ether oxygens (including phenoxy) is 1. The lowest BCUT2D eigenvalue weighted by Crippen LogP contribution is -2.43. The van der Waals surface area contributed by atoms with E-state index in [2.05, 4.69) is 27.0 Å². The first-order valence-electron chi connectivity index (χ1n) is 6.29. The molecule has 1 fully saturated rings. The summed E-state index contributed by atoms with van der Waals surface area (Å²) in [6, 6.07) is 0.238. The Morgan fingerprint density at radius 1 is 1.59 bits per heavy atom. The molecule has 2 heterocycles. The summed E-state index contributed by atoms with van der Waals surface area (Å²) in [7, 11) is 0. The maximum atomic E-state index is 5.94. The summed E-state index contributed by atoms with van der Waals surface area (Å²) in [6.45, 7) is 5.17. The molecule has 0 radical (unpaired) electrons. The Labute approximate surface area is 102 Å². The van der Waals surface area contributed by atoms with Crippen LogP contribution < -0.4 is 10.6 Å². The first-order valence-corrected chi connectivity index (χ1v) is 6.29. The molecule has 0 bridgehead atoms. The number of rotatable bonds is 5. The molecule has 1 aromatic rings. The van der Waals surface area contributed by atoms with Crippen molar-refractivity contribution in [3.8, 4) is 0 Å². The zero-order valence-corrected chi connectivity index (χ0v) is 10.4. The monoisotopic (exact) mass is 239 g/mol. The third-order valence-corrected chi connectivity index (χ3v) is 2.85. The molecule has 6 nitrogen and oxygen atoms in total. The molecule has 1 saturated heterocycles. The van der Waals surface area contributed by atoms with E-state index in [1.807, 2.05) is 0 Å². The Morgan fingerprint density at radius 3 is 3.24 bits per heavy atom. The second kappa shape index (κ2) is 5.97. The van der Waals surface area contributed by atoms with Crippen LogP contribution in [-0.4, -0.2) is 40.9 Å². The highest BCUT2D eigenvalue weighted by atomic mass is 16.5. The predicted molar refractivity (Wildman–Crippen MR) is 65.8 cm³/mol. The third-order valence-electron chi connectivity index (χ3n) is 2.85. The Hall–Kier alpha value is -1.14. The van der Waals surface area contributed by atoms with Gasteiger partial charge >= 0.3 is 0 Å². The van der Waals surface area contributed by atoms with Gasteiger partial charge in [0.15, 0.2) is 5.82 Å². The van der Waals surface area contributed by atoms with Crippen molar-refractivity contribution in [2.75, 3.05) is 24.6 Å². The molecular weight excluding hydrogens is 218 g/mol. The zero-order chi connectivity index (χ0) is 12.1. The molecule has 1 aromatic heterocycles. The zero-order valence-electron chi connectivity index (χ0n) is 10.4. The lowest BCUT2D eigenvalue weighted by molar-refractivity contribution is 0.116. The summed E-state index contributed by atoms with van der Waals surface area (Å²) in [5.74, 6) is 1.53. The molecule has 17 heavy (non-hydrogen) atoms. The molecule has 6 heteroatoms. The summed E-state index contributed by atoms with van der Waals surface area (Å²) >= 11 is 0. The van der Waals surface area contributed by atoms with Crippen LogP contribution in [0.15, 0.2) is 0 Å². The van der Waals surface area contributed by atoms with Crippen LogP contribution in [0, 0.1) is 0 Å². The molecular formula is C11H21N5O. The van der Waals surface area contributed by atoms with Gasteiger partial charge in [-0.25, -0.2) is 0 Å². The van der Waals surface area contributed by atoms with Crippen LogP contribution in [0.1, 0.15) is 32.0 Å². The van der Waals surface area contributed by atoms with Gasteiger partial charge in [-0.3, -0.25) is 5.10 Å². The number of aromatic amines is 1. The smallest absolute Gasteiger partial charge is 0.244 e. The van der Waals surface area contributed by atoms with Gasteiger partial charge < -0.3 is 15.4 Å². The molecule has 1 unspecified atom stereocenters. The lowest BCUT2D eigenvalue weighted by atomic mass is 10.1. The Bertz CT molecular complexity index is 340. The molecule has 3 N–H and O–H groups in total. The van der Waals surface area contributed by atoms with Crippen molar-refractivity contribution in [3.63, 3.8) is 0 Å². The normalized spacial score (nSPS) is 20.8. The summed E-state index contributed by atoms with van der Waals surface area (Å²) in [5, 5.41) is 7.12. The Kier molecular flexibility index (Phi) is 4.33. The number of nitrogens with two attached hydrogens (primary N) is 1. The summed E-state index contributed by atoms with van der Waals surface area (Å²) < 4.78 is 5.41. The van der Waals surface area contributed by atoms with Crippen LogP contribution in [0.3, 0.4) is 0 Å². The molecule has 2 rings (SSSR count). The van der Waals surface area contributed by atoms with E-state index in [9.17, 15) is 0 Å². The first kappa shape index (κ1) is 12.3. The van der Waals surface area contributed by atoms with Gasteiger partial charge in [0.2, 0.25) is 5.95 Å². The van der Waals surface area contributed by atoms with Gasteiger partial charge in [0.25, 0.3) is 0 Å². The van der Waals surface area contributed by atoms with Gasteiger partial charge in [0.05, 0.1) is 0 Å². The van der Waals surface area contributed by atoms with Gasteiger partial charge in [-0.2, -0.15) is 4.98 Å². The molecule has 1 aliphatic heterocycles. The van der Waals surface area contributed by atoms with Gasteiger partial charge in [0, 0.05) is 25.7 Å². The molecule has 0 amide bonds. The highest BCUT2D eigenvalue weighted by molar-refractivity contribution is 5.29. The average Bonchev–Trinajstić information content (AvgIpc) is 2.78. The standard InChI is InChI=1S/C11H21N5O/c1-2-6-17-8-10-13-11(15-14-10)16-5-3-4-9(12)7-16/h9H,2-8,12H2,1H3,(H,13,14,15). The van der Waals surface area contributed by atoms with E-state index in [0.29, 0.717) is 6.61 Å². The van der Waals surface area contributed by atoms with Gasteiger partial charge in [0.1, 0.15) is 6.61 Å². The topological polar surface area (TPSA) is 80.1 Å². The highest BCUT2D eigenvalue weighted by Crippen LogP contribution is 2.14. The first-order chi connectivity index (χ1) is 8.29. The number of hydrogen-bond acceptors (Lipinski definition) is 5. The maximum absolute atomic E-state index is 5.94. The van der Waals surface area contributed by atoms with Crippen LogP contribution in [-0.2, 0) is 11.3 Å². The van der Waals surface area contributed by atoms with Gasteiger partial charge in [-0.05, 0) is 19.3 Å². The summed E-state index contributed by atoms with van der Waals surface area (Å²) in [4.78, 5) is 6.55. The van der Waals surface area contributed by atoms with E-state index in [1.165, 1.54) is 0 Å². The lowest BCUT2D eigenvalue weighted by Gasteiger charge is -2.29.